The van der Waals surface area contributed by atoms with Crippen LogP contribution in [0.15, 0.2) is 46.2 Å². The zero-order valence-electron chi connectivity index (χ0n) is 12.8. The van der Waals surface area contributed by atoms with E-state index in [4.69, 9.17) is 23.2 Å². The quantitative estimate of drug-likeness (QED) is 0.760. The summed E-state index contributed by atoms with van der Waals surface area (Å²) in [4.78, 5) is -0.903. The molecule has 0 saturated heterocycles. The van der Waals surface area contributed by atoms with Gasteiger partial charge in [0.15, 0.2) is 9.84 Å². The highest BCUT2D eigenvalue weighted by Gasteiger charge is 2.33. The summed E-state index contributed by atoms with van der Waals surface area (Å²) in [5.74, 6) is 0. The molecule has 0 aromatic heterocycles. The summed E-state index contributed by atoms with van der Waals surface area (Å²) in [5.41, 5.74) is -1.64. The van der Waals surface area contributed by atoms with Gasteiger partial charge in [0.05, 0.1) is 20.5 Å². The summed E-state index contributed by atoms with van der Waals surface area (Å²) in [7, 11) is -8.18. The van der Waals surface area contributed by atoms with E-state index < -0.39 is 47.2 Å². The first kappa shape index (κ1) is 20.8. The van der Waals surface area contributed by atoms with Gasteiger partial charge >= 0.3 is 6.18 Å². The number of nitrogens with one attached hydrogen (secondary N) is 1. The highest BCUT2D eigenvalue weighted by atomic mass is 35.5. The first-order chi connectivity index (χ1) is 11.7. The number of benzene rings is 2. The summed E-state index contributed by atoms with van der Waals surface area (Å²) < 4.78 is 88.6. The third kappa shape index (κ3) is 4.61. The Morgan fingerprint density at radius 1 is 0.923 bits per heavy atom. The Labute approximate surface area is 157 Å². The van der Waals surface area contributed by atoms with E-state index in [1.165, 1.54) is 0 Å². The summed E-state index contributed by atoms with van der Waals surface area (Å²) >= 11 is 11.3. The smallest absolute Gasteiger partial charge is 0.280 e. The maximum Gasteiger partial charge on any atom is 0.417 e. The van der Waals surface area contributed by atoms with Crippen LogP contribution in [-0.2, 0) is 26.0 Å². The summed E-state index contributed by atoms with van der Waals surface area (Å²) in [6.45, 7) is 0. The van der Waals surface area contributed by atoms with Crippen molar-refractivity contribution in [3.05, 3.63) is 52.0 Å². The number of sulfonamides is 1. The van der Waals surface area contributed by atoms with Gasteiger partial charge in [-0.2, -0.15) is 13.2 Å². The van der Waals surface area contributed by atoms with Crippen LogP contribution in [0.2, 0.25) is 10.0 Å². The van der Waals surface area contributed by atoms with Crippen molar-refractivity contribution in [1.82, 2.24) is 0 Å². The van der Waals surface area contributed by atoms with Crippen molar-refractivity contribution in [2.45, 2.75) is 16.0 Å². The average molecular weight is 448 g/mol. The Hall–Kier alpha value is -1.49. The van der Waals surface area contributed by atoms with Gasteiger partial charge in [-0.1, -0.05) is 23.2 Å². The summed E-state index contributed by atoms with van der Waals surface area (Å²) in [6, 6.07) is 5.44. The Morgan fingerprint density at radius 3 is 2.04 bits per heavy atom. The highest BCUT2D eigenvalue weighted by Crippen LogP contribution is 2.37. The molecular weight excluding hydrogens is 438 g/mol. The molecule has 26 heavy (non-hydrogen) atoms. The number of halogens is 5. The number of hydrogen-bond acceptors (Lipinski definition) is 4. The molecule has 0 bridgehead atoms. The molecule has 0 radical (unpaired) electrons. The van der Waals surface area contributed by atoms with Crippen LogP contribution in [0.5, 0.6) is 0 Å². The van der Waals surface area contributed by atoms with E-state index in [0.717, 1.165) is 36.6 Å². The van der Waals surface area contributed by atoms with E-state index in [1.807, 2.05) is 4.72 Å². The van der Waals surface area contributed by atoms with Crippen molar-refractivity contribution < 1.29 is 30.0 Å². The second kappa shape index (κ2) is 6.91. The first-order valence-electron chi connectivity index (χ1n) is 6.61. The normalized spacial score (nSPS) is 12.8. The van der Waals surface area contributed by atoms with E-state index in [-0.39, 0.29) is 9.92 Å². The second-order valence-electron chi connectivity index (χ2n) is 5.16. The zero-order valence-corrected chi connectivity index (χ0v) is 15.9. The maximum absolute atomic E-state index is 12.9. The molecule has 2 rings (SSSR count). The van der Waals surface area contributed by atoms with Gasteiger partial charge in [0.25, 0.3) is 10.0 Å². The number of alkyl halides is 3. The molecule has 142 valence electrons. The molecule has 0 unspecified atom stereocenters. The van der Waals surface area contributed by atoms with Gasteiger partial charge < -0.3 is 0 Å². The van der Waals surface area contributed by atoms with Gasteiger partial charge in [-0.05, 0) is 36.4 Å². The van der Waals surface area contributed by atoms with E-state index in [1.54, 1.807) is 0 Å². The SMILES string of the molecule is CS(=O)(=O)c1ccc(Cl)c(S(=O)(=O)Nc2ccc(Cl)c(C(F)(F)F)c2)c1. The minimum absolute atomic E-state index is 0.296. The molecule has 0 aliphatic heterocycles. The molecule has 0 saturated carbocycles. The summed E-state index contributed by atoms with van der Waals surface area (Å²) in [6.07, 6.45) is -3.92. The number of hydrogen-bond donors (Lipinski definition) is 1. The van der Waals surface area contributed by atoms with Crippen molar-refractivity contribution >= 4 is 48.7 Å². The molecule has 0 spiro atoms. The van der Waals surface area contributed by atoms with E-state index in [2.05, 4.69) is 0 Å². The molecule has 0 amide bonds. The van der Waals surface area contributed by atoms with Gasteiger partial charge in [-0.15, -0.1) is 0 Å². The molecular formula is C14H10Cl2F3NO4S2. The minimum atomic E-state index is -4.79. The van der Waals surface area contributed by atoms with Crippen LogP contribution in [0.3, 0.4) is 0 Å². The first-order valence-corrected chi connectivity index (χ1v) is 10.7. The standard InChI is InChI=1S/C14H10Cl2F3NO4S2/c1-25(21,22)9-3-5-12(16)13(7-9)26(23,24)20-8-2-4-11(15)10(6-8)14(17,18)19/h2-7,20H,1H3. The molecule has 12 heteroatoms. The highest BCUT2D eigenvalue weighted by molar-refractivity contribution is 7.93. The molecule has 2 aromatic rings. The largest absolute Gasteiger partial charge is 0.417 e. The van der Waals surface area contributed by atoms with Gasteiger partial charge in [0.1, 0.15) is 4.90 Å². The van der Waals surface area contributed by atoms with Crippen LogP contribution >= 0.6 is 23.2 Å². The molecule has 0 aliphatic carbocycles. The Morgan fingerprint density at radius 2 is 1.50 bits per heavy atom. The Bertz CT molecular complexity index is 1070. The van der Waals surface area contributed by atoms with E-state index in [9.17, 15) is 30.0 Å². The zero-order chi connectivity index (χ0) is 19.9. The fourth-order valence-corrected chi connectivity index (χ4v) is 4.46. The minimum Gasteiger partial charge on any atom is -0.280 e. The molecule has 0 heterocycles. The fourth-order valence-electron chi connectivity index (χ4n) is 1.94. The fraction of sp³-hybridized carbons (Fsp3) is 0.143. The predicted molar refractivity (Wildman–Crippen MR) is 91.8 cm³/mol. The number of rotatable bonds is 4. The van der Waals surface area contributed by atoms with Crippen LogP contribution in [0.1, 0.15) is 5.56 Å². The maximum atomic E-state index is 12.9. The van der Waals surface area contributed by atoms with Crippen molar-refractivity contribution in [2.75, 3.05) is 11.0 Å². The van der Waals surface area contributed by atoms with Crippen LogP contribution in [-0.4, -0.2) is 23.1 Å². The summed E-state index contributed by atoms with van der Waals surface area (Å²) in [5, 5.41) is -0.896. The third-order valence-electron chi connectivity index (χ3n) is 3.14. The lowest BCUT2D eigenvalue weighted by molar-refractivity contribution is -0.137. The second-order valence-corrected chi connectivity index (χ2v) is 9.64. The predicted octanol–water partition coefficient (Wildman–Crippen LogP) is 4.22. The molecule has 5 nitrogen and oxygen atoms in total. The van der Waals surface area contributed by atoms with Crippen molar-refractivity contribution in [2.24, 2.45) is 0 Å². The van der Waals surface area contributed by atoms with Crippen LogP contribution in [0.25, 0.3) is 0 Å². The lowest BCUT2D eigenvalue weighted by Gasteiger charge is -2.14. The number of sulfone groups is 1. The Balaban J connectivity index is 2.51. The monoisotopic (exact) mass is 447 g/mol. The van der Waals surface area contributed by atoms with Gasteiger partial charge in [0.2, 0.25) is 0 Å². The van der Waals surface area contributed by atoms with Crippen molar-refractivity contribution in [3.63, 3.8) is 0 Å². The van der Waals surface area contributed by atoms with Crippen molar-refractivity contribution in [1.29, 1.82) is 0 Å². The van der Waals surface area contributed by atoms with E-state index in [0.29, 0.717) is 6.07 Å². The lowest BCUT2D eigenvalue weighted by Crippen LogP contribution is -2.15. The molecule has 2 aromatic carbocycles. The third-order valence-corrected chi connectivity index (χ3v) is 6.45. The average Bonchev–Trinajstić information content (AvgIpc) is 2.47. The van der Waals surface area contributed by atoms with Crippen LogP contribution in [0, 0.1) is 0 Å². The van der Waals surface area contributed by atoms with Crippen molar-refractivity contribution in [3.8, 4) is 0 Å². The van der Waals surface area contributed by atoms with Crippen LogP contribution in [0.4, 0.5) is 18.9 Å². The van der Waals surface area contributed by atoms with Gasteiger partial charge in [-0.3, -0.25) is 4.72 Å². The topological polar surface area (TPSA) is 80.3 Å². The van der Waals surface area contributed by atoms with Crippen LogP contribution < -0.4 is 4.72 Å². The van der Waals surface area contributed by atoms with Gasteiger partial charge in [0, 0.05) is 11.9 Å². The van der Waals surface area contributed by atoms with E-state index >= 15 is 0 Å². The molecule has 0 aliphatic rings. The lowest BCUT2D eigenvalue weighted by atomic mass is 10.2. The van der Waals surface area contributed by atoms with Gasteiger partial charge in [-0.25, -0.2) is 16.8 Å². The molecule has 0 fully saturated rings. The molecule has 0 atom stereocenters. The Kier molecular flexibility index (Phi) is 5.54. The molecule has 1 N–H and O–H groups in total. The number of anilines is 1.